The number of nitrogens with one attached hydrogen (secondary N) is 1. The fourth-order valence-corrected chi connectivity index (χ4v) is 3.03. The Bertz CT molecular complexity index is 411. The fourth-order valence-electron chi connectivity index (χ4n) is 3.03. The molecule has 0 saturated carbocycles. The molecule has 1 aliphatic rings. The Morgan fingerprint density at radius 2 is 2.21 bits per heavy atom. The second kappa shape index (κ2) is 6.03. The number of hydrogen-bond acceptors (Lipinski definition) is 4. The quantitative estimate of drug-likeness (QED) is 0.866. The maximum atomic E-state index is 5.88. The summed E-state index contributed by atoms with van der Waals surface area (Å²) in [6, 6.07) is 2.42. The molecule has 2 heterocycles. The van der Waals surface area contributed by atoms with Crippen molar-refractivity contribution in [3.05, 3.63) is 17.5 Å². The molecule has 1 aromatic rings. The topological polar surface area (TPSA) is 48.3 Å². The van der Waals surface area contributed by atoms with Gasteiger partial charge in [0, 0.05) is 58.4 Å². The molecule has 0 radical (unpaired) electrons. The monoisotopic (exact) mass is 267 g/mol. The zero-order valence-electron chi connectivity index (χ0n) is 12.4. The third-order valence-electron chi connectivity index (χ3n) is 4.24. The minimum absolute atomic E-state index is 0.134. The van der Waals surface area contributed by atoms with E-state index in [9.17, 15) is 0 Å². The highest BCUT2D eigenvalue weighted by atomic mass is 16.5. The predicted octanol–water partition coefficient (Wildman–Crippen LogP) is 1.05. The van der Waals surface area contributed by atoms with Crippen LogP contribution in [0.25, 0.3) is 0 Å². The molecule has 1 atom stereocenters. The second-order valence-corrected chi connectivity index (χ2v) is 5.33. The van der Waals surface area contributed by atoms with Crippen LogP contribution in [0.1, 0.15) is 24.2 Å². The standard InChI is InChI=1S/C14H25N3O2/c1-11-9-12(17(3)16-11)10-13(15-2)14(18-4)5-7-19-8-6-14/h9,13,15H,5-8,10H2,1-4H3. The van der Waals surface area contributed by atoms with Gasteiger partial charge in [0.05, 0.1) is 11.3 Å². The first-order chi connectivity index (χ1) is 9.11. The lowest BCUT2D eigenvalue weighted by molar-refractivity contribution is -0.109. The summed E-state index contributed by atoms with van der Waals surface area (Å²) in [6.45, 7) is 3.57. The molecule has 5 heteroatoms. The van der Waals surface area contributed by atoms with E-state index in [1.54, 1.807) is 0 Å². The van der Waals surface area contributed by atoms with Crippen molar-refractivity contribution in [2.75, 3.05) is 27.4 Å². The lowest BCUT2D eigenvalue weighted by atomic mass is 9.83. The molecule has 19 heavy (non-hydrogen) atoms. The molecule has 2 rings (SSSR count). The van der Waals surface area contributed by atoms with Crippen LogP contribution in [0.4, 0.5) is 0 Å². The van der Waals surface area contributed by atoms with Crippen molar-refractivity contribution in [3.8, 4) is 0 Å². The third kappa shape index (κ3) is 2.99. The number of aromatic nitrogens is 2. The number of nitrogens with zero attached hydrogens (tertiary/aromatic N) is 2. The first-order valence-corrected chi connectivity index (χ1v) is 6.91. The van der Waals surface area contributed by atoms with Crippen LogP contribution in [-0.2, 0) is 22.9 Å². The van der Waals surface area contributed by atoms with Gasteiger partial charge in [0.1, 0.15) is 0 Å². The van der Waals surface area contributed by atoms with E-state index < -0.39 is 0 Å². The number of aryl methyl sites for hydroxylation is 2. The van der Waals surface area contributed by atoms with Crippen molar-refractivity contribution < 1.29 is 9.47 Å². The molecule has 108 valence electrons. The van der Waals surface area contributed by atoms with Crippen molar-refractivity contribution in [2.45, 2.75) is 37.8 Å². The van der Waals surface area contributed by atoms with Gasteiger partial charge >= 0.3 is 0 Å². The Balaban J connectivity index is 2.16. The van der Waals surface area contributed by atoms with Crippen molar-refractivity contribution >= 4 is 0 Å². The van der Waals surface area contributed by atoms with Crippen LogP contribution >= 0.6 is 0 Å². The normalized spacial score (nSPS) is 20.4. The number of rotatable bonds is 5. The summed E-state index contributed by atoms with van der Waals surface area (Å²) in [5, 5.41) is 7.84. The highest BCUT2D eigenvalue weighted by Crippen LogP contribution is 2.30. The zero-order valence-corrected chi connectivity index (χ0v) is 12.4. The Labute approximate surface area is 115 Å². The van der Waals surface area contributed by atoms with Crippen LogP contribution in [0, 0.1) is 6.92 Å². The van der Waals surface area contributed by atoms with Gasteiger partial charge in [-0.15, -0.1) is 0 Å². The molecule has 1 fully saturated rings. The second-order valence-electron chi connectivity index (χ2n) is 5.33. The van der Waals surface area contributed by atoms with Gasteiger partial charge in [-0.3, -0.25) is 4.68 Å². The van der Waals surface area contributed by atoms with Crippen molar-refractivity contribution in [1.29, 1.82) is 0 Å². The minimum Gasteiger partial charge on any atom is -0.381 e. The van der Waals surface area contributed by atoms with E-state index in [1.807, 2.05) is 32.8 Å². The van der Waals surface area contributed by atoms with Gasteiger partial charge in [-0.2, -0.15) is 5.10 Å². The van der Waals surface area contributed by atoms with Gasteiger partial charge in [-0.05, 0) is 20.0 Å². The van der Waals surface area contributed by atoms with Crippen LogP contribution in [0.3, 0.4) is 0 Å². The zero-order chi connectivity index (χ0) is 13.9. The van der Waals surface area contributed by atoms with Crippen LogP contribution in [0.5, 0.6) is 0 Å². The Morgan fingerprint density at radius 1 is 1.53 bits per heavy atom. The molecule has 0 aromatic carbocycles. The molecule has 1 saturated heterocycles. The Hall–Kier alpha value is -0.910. The van der Waals surface area contributed by atoms with Gasteiger partial charge in [0.2, 0.25) is 0 Å². The van der Waals surface area contributed by atoms with Crippen LogP contribution in [0.2, 0.25) is 0 Å². The Morgan fingerprint density at radius 3 is 2.68 bits per heavy atom. The average molecular weight is 267 g/mol. The molecule has 5 nitrogen and oxygen atoms in total. The lowest BCUT2D eigenvalue weighted by Crippen LogP contribution is -2.55. The lowest BCUT2D eigenvalue weighted by Gasteiger charge is -2.42. The van der Waals surface area contributed by atoms with Gasteiger partial charge in [-0.25, -0.2) is 0 Å². The predicted molar refractivity (Wildman–Crippen MR) is 74.3 cm³/mol. The molecule has 0 spiro atoms. The van der Waals surface area contributed by atoms with E-state index >= 15 is 0 Å². The number of methoxy groups -OCH3 is 1. The molecular formula is C14H25N3O2. The molecule has 0 bridgehead atoms. The first-order valence-electron chi connectivity index (χ1n) is 6.91. The highest BCUT2D eigenvalue weighted by molar-refractivity contribution is 5.12. The largest absolute Gasteiger partial charge is 0.381 e. The van der Waals surface area contributed by atoms with E-state index in [0.29, 0.717) is 0 Å². The van der Waals surface area contributed by atoms with E-state index in [-0.39, 0.29) is 11.6 Å². The number of ether oxygens (including phenoxy) is 2. The highest BCUT2D eigenvalue weighted by Gasteiger charge is 2.40. The average Bonchev–Trinajstić information content (AvgIpc) is 2.75. The van der Waals surface area contributed by atoms with Crippen LogP contribution in [0.15, 0.2) is 6.07 Å². The van der Waals surface area contributed by atoms with Crippen molar-refractivity contribution in [2.24, 2.45) is 7.05 Å². The summed E-state index contributed by atoms with van der Waals surface area (Å²) in [6.07, 6.45) is 2.79. The fraction of sp³-hybridized carbons (Fsp3) is 0.786. The molecule has 0 amide bonds. The van der Waals surface area contributed by atoms with E-state index in [1.165, 1.54) is 5.69 Å². The molecule has 1 aromatic heterocycles. The molecule has 1 unspecified atom stereocenters. The summed E-state index contributed by atoms with van der Waals surface area (Å²) in [5.41, 5.74) is 2.16. The molecule has 1 aliphatic heterocycles. The van der Waals surface area contributed by atoms with Gasteiger partial charge in [0.25, 0.3) is 0 Å². The minimum atomic E-state index is -0.134. The summed E-state index contributed by atoms with van der Waals surface area (Å²) in [5.74, 6) is 0. The van der Waals surface area contributed by atoms with Gasteiger partial charge in [-0.1, -0.05) is 0 Å². The summed E-state index contributed by atoms with van der Waals surface area (Å²) >= 11 is 0. The first kappa shape index (κ1) is 14.5. The SMILES string of the molecule is CNC(Cc1cc(C)nn1C)C1(OC)CCOCC1. The molecule has 1 N–H and O–H groups in total. The van der Waals surface area contributed by atoms with E-state index in [4.69, 9.17) is 9.47 Å². The Kier molecular flexibility index (Phi) is 4.60. The molecule has 0 aliphatic carbocycles. The number of hydrogen-bond donors (Lipinski definition) is 1. The summed E-state index contributed by atoms with van der Waals surface area (Å²) < 4.78 is 13.3. The smallest absolute Gasteiger partial charge is 0.0878 e. The summed E-state index contributed by atoms with van der Waals surface area (Å²) in [4.78, 5) is 0. The number of likely N-dealkylation sites (N-methyl/N-ethyl adjacent to an activating group) is 1. The van der Waals surface area contributed by atoms with Crippen molar-refractivity contribution in [3.63, 3.8) is 0 Å². The van der Waals surface area contributed by atoms with Crippen LogP contribution < -0.4 is 5.32 Å². The van der Waals surface area contributed by atoms with E-state index in [0.717, 1.165) is 38.2 Å². The third-order valence-corrected chi connectivity index (χ3v) is 4.24. The van der Waals surface area contributed by atoms with Crippen molar-refractivity contribution in [1.82, 2.24) is 15.1 Å². The van der Waals surface area contributed by atoms with Crippen LogP contribution in [-0.4, -0.2) is 48.8 Å². The van der Waals surface area contributed by atoms with E-state index in [2.05, 4.69) is 16.5 Å². The summed E-state index contributed by atoms with van der Waals surface area (Å²) in [7, 11) is 5.81. The maximum absolute atomic E-state index is 5.88. The van der Waals surface area contributed by atoms with Gasteiger partial charge < -0.3 is 14.8 Å². The molecular weight excluding hydrogens is 242 g/mol. The maximum Gasteiger partial charge on any atom is 0.0878 e. The van der Waals surface area contributed by atoms with Gasteiger partial charge in [0.15, 0.2) is 0 Å².